The van der Waals surface area contributed by atoms with Crippen molar-refractivity contribution in [3.8, 4) is 0 Å². The van der Waals surface area contributed by atoms with E-state index in [1.807, 2.05) is 49.1 Å². The second kappa shape index (κ2) is 9.85. The molecule has 0 aliphatic carbocycles. The van der Waals surface area contributed by atoms with Crippen LogP contribution in [-0.2, 0) is 22.6 Å². The predicted molar refractivity (Wildman–Crippen MR) is 112 cm³/mol. The largest absolute Gasteiger partial charge is 0.344 e. The van der Waals surface area contributed by atoms with E-state index in [-0.39, 0.29) is 17.7 Å². The number of rotatable bonds is 7. The number of hydrogen-bond donors (Lipinski definition) is 2. The van der Waals surface area contributed by atoms with E-state index in [4.69, 9.17) is 0 Å². The van der Waals surface area contributed by atoms with Crippen molar-refractivity contribution in [2.75, 3.05) is 26.2 Å². The molecule has 2 aromatic rings. The fourth-order valence-electron chi connectivity index (χ4n) is 3.60. The number of carbonyl (C=O) groups excluding carboxylic acids is 2. The van der Waals surface area contributed by atoms with E-state index in [2.05, 4.69) is 22.8 Å². The van der Waals surface area contributed by atoms with E-state index < -0.39 is 6.04 Å². The van der Waals surface area contributed by atoms with Crippen LogP contribution in [0.25, 0.3) is 0 Å². The zero-order valence-electron chi connectivity index (χ0n) is 16.7. The zero-order valence-corrected chi connectivity index (χ0v) is 17.5. The van der Waals surface area contributed by atoms with Crippen LogP contribution in [0, 0.1) is 5.92 Å². The molecular formula is C22H30N3O2S+. The molecule has 0 spiro atoms. The molecule has 0 unspecified atom stereocenters. The van der Waals surface area contributed by atoms with Gasteiger partial charge in [-0.1, -0.05) is 50.2 Å². The lowest BCUT2D eigenvalue weighted by Crippen LogP contribution is -3.13. The van der Waals surface area contributed by atoms with Crippen LogP contribution in [0.1, 0.15) is 24.3 Å². The lowest BCUT2D eigenvalue weighted by Gasteiger charge is -2.35. The molecule has 0 radical (unpaired) electrons. The average molecular weight is 401 g/mol. The number of quaternary nitrogens is 1. The first kappa shape index (κ1) is 20.6. The van der Waals surface area contributed by atoms with Crippen LogP contribution in [0.4, 0.5) is 0 Å². The molecule has 1 aromatic heterocycles. The fourth-order valence-corrected chi connectivity index (χ4v) is 4.37. The summed E-state index contributed by atoms with van der Waals surface area (Å²) in [5, 5.41) is 5.09. The molecule has 1 aromatic carbocycles. The summed E-state index contributed by atoms with van der Waals surface area (Å²) in [6.45, 7) is 8.40. The first-order valence-electron chi connectivity index (χ1n) is 10.0. The van der Waals surface area contributed by atoms with Crippen LogP contribution in [0.5, 0.6) is 0 Å². The molecule has 0 saturated carbocycles. The molecule has 6 heteroatoms. The maximum Gasteiger partial charge on any atom is 0.245 e. The summed E-state index contributed by atoms with van der Waals surface area (Å²) in [6.07, 6.45) is 0.302. The summed E-state index contributed by atoms with van der Waals surface area (Å²) in [5.74, 6) is 0.00973. The van der Waals surface area contributed by atoms with Crippen molar-refractivity contribution in [2.45, 2.75) is 32.9 Å². The van der Waals surface area contributed by atoms with Gasteiger partial charge in [0.2, 0.25) is 11.8 Å². The second-order valence-corrected chi connectivity index (χ2v) is 8.82. The smallest absolute Gasteiger partial charge is 0.245 e. The normalized spacial score (nSPS) is 16.2. The van der Waals surface area contributed by atoms with Gasteiger partial charge < -0.3 is 15.1 Å². The highest BCUT2D eigenvalue weighted by Crippen LogP contribution is 2.09. The van der Waals surface area contributed by atoms with Gasteiger partial charge in [-0.3, -0.25) is 9.59 Å². The van der Waals surface area contributed by atoms with Gasteiger partial charge in [0.1, 0.15) is 12.6 Å². The highest BCUT2D eigenvalue weighted by molar-refractivity contribution is 7.09. The van der Waals surface area contributed by atoms with Crippen LogP contribution in [0.3, 0.4) is 0 Å². The molecule has 2 heterocycles. The second-order valence-electron chi connectivity index (χ2n) is 7.78. The Kier molecular flexibility index (Phi) is 7.23. The standard InChI is InChI=1S/C22H29N3O2S/c1-17(2)21(23-20(26)15-18-7-4-3-5-8-18)22(27)25-12-10-24(11-13-25)16-19-9-6-14-28-19/h3-9,14,17,21H,10-13,15-16H2,1-2H3,(H,23,26)/p+1/t21-/m1/s1. The molecule has 1 atom stereocenters. The number of hydrogen-bond acceptors (Lipinski definition) is 3. The highest BCUT2D eigenvalue weighted by atomic mass is 32.1. The van der Waals surface area contributed by atoms with E-state index >= 15 is 0 Å². The summed E-state index contributed by atoms with van der Waals surface area (Å²) in [7, 11) is 0. The van der Waals surface area contributed by atoms with Crippen LogP contribution < -0.4 is 10.2 Å². The number of carbonyl (C=O) groups is 2. The molecule has 3 rings (SSSR count). The molecule has 28 heavy (non-hydrogen) atoms. The molecule has 2 N–H and O–H groups in total. The van der Waals surface area contributed by atoms with Crippen LogP contribution in [0.15, 0.2) is 47.8 Å². The summed E-state index contributed by atoms with van der Waals surface area (Å²) in [6, 6.07) is 13.4. The van der Waals surface area contributed by atoms with Gasteiger partial charge in [-0.05, 0) is 22.9 Å². The van der Waals surface area contributed by atoms with Crippen molar-refractivity contribution in [3.63, 3.8) is 0 Å². The Balaban J connectivity index is 1.52. The minimum atomic E-state index is -0.463. The molecule has 2 amide bonds. The van der Waals surface area contributed by atoms with Crippen molar-refractivity contribution in [1.29, 1.82) is 0 Å². The Hall–Kier alpha value is -2.18. The fraction of sp³-hybridized carbons (Fsp3) is 0.455. The van der Waals surface area contributed by atoms with Crippen LogP contribution >= 0.6 is 11.3 Å². The van der Waals surface area contributed by atoms with E-state index in [1.54, 1.807) is 11.3 Å². The topological polar surface area (TPSA) is 53.9 Å². The molecule has 1 aliphatic heterocycles. The van der Waals surface area contributed by atoms with E-state index in [0.717, 1.165) is 38.3 Å². The minimum absolute atomic E-state index is 0.0478. The number of amides is 2. The quantitative estimate of drug-likeness (QED) is 0.737. The molecular weight excluding hydrogens is 370 g/mol. The van der Waals surface area contributed by atoms with Crippen LogP contribution in [-0.4, -0.2) is 48.9 Å². The van der Waals surface area contributed by atoms with E-state index in [1.165, 1.54) is 9.78 Å². The minimum Gasteiger partial charge on any atom is -0.344 e. The van der Waals surface area contributed by atoms with E-state index in [9.17, 15) is 9.59 Å². The van der Waals surface area contributed by atoms with Gasteiger partial charge in [0.25, 0.3) is 0 Å². The molecule has 5 nitrogen and oxygen atoms in total. The summed E-state index contributed by atoms with van der Waals surface area (Å²) in [5.41, 5.74) is 0.959. The summed E-state index contributed by atoms with van der Waals surface area (Å²) >= 11 is 1.79. The first-order valence-corrected chi connectivity index (χ1v) is 10.9. The van der Waals surface area contributed by atoms with Gasteiger partial charge in [0, 0.05) is 0 Å². The Morgan fingerprint density at radius 1 is 1.11 bits per heavy atom. The van der Waals surface area contributed by atoms with Crippen molar-refractivity contribution in [1.82, 2.24) is 10.2 Å². The number of thiophene rings is 1. The lowest BCUT2D eigenvalue weighted by molar-refractivity contribution is -0.917. The maximum absolute atomic E-state index is 13.1. The molecule has 0 bridgehead atoms. The monoisotopic (exact) mass is 400 g/mol. The van der Waals surface area contributed by atoms with Crippen LogP contribution in [0.2, 0.25) is 0 Å². The third-order valence-electron chi connectivity index (χ3n) is 5.24. The SMILES string of the molecule is CC(C)[C@@H](NC(=O)Cc1ccccc1)C(=O)N1CC[NH+](Cc2cccs2)CC1. The highest BCUT2D eigenvalue weighted by Gasteiger charge is 2.31. The number of nitrogens with one attached hydrogen (secondary N) is 2. The van der Waals surface area contributed by atoms with Gasteiger partial charge in [-0.2, -0.15) is 0 Å². The maximum atomic E-state index is 13.1. The van der Waals surface area contributed by atoms with Gasteiger partial charge >= 0.3 is 0 Å². The molecule has 150 valence electrons. The van der Waals surface area contributed by atoms with Crippen molar-refractivity contribution < 1.29 is 14.5 Å². The predicted octanol–water partition coefficient (Wildman–Crippen LogP) is 1.36. The Bertz CT molecular complexity index is 753. The van der Waals surface area contributed by atoms with Crippen molar-refractivity contribution >= 4 is 23.2 Å². The number of nitrogens with zero attached hydrogens (tertiary/aromatic N) is 1. The molecule has 1 aliphatic rings. The van der Waals surface area contributed by atoms with Gasteiger partial charge in [-0.15, -0.1) is 11.3 Å². The lowest BCUT2D eigenvalue weighted by atomic mass is 10.0. The average Bonchev–Trinajstić information content (AvgIpc) is 3.20. The van der Waals surface area contributed by atoms with Crippen molar-refractivity contribution in [3.05, 3.63) is 58.3 Å². The third kappa shape index (κ3) is 5.66. The Morgan fingerprint density at radius 3 is 2.43 bits per heavy atom. The van der Waals surface area contributed by atoms with E-state index in [0.29, 0.717) is 6.42 Å². The summed E-state index contributed by atoms with van der Waals surface area (Å²) < 4.78 is 0. The Morgan fingerprint density at radius 2 is 1.82 bits per heavy atom. The zero-order chi connectivity index (χ0) is 19.9. The number of benzene rings is 1. The number of piperazine rings is 1. The van der Waals surface area contributed by atoms with Gasteiger partial charge in [0.15, 0.2) is 0 Å². The first-order chi connectivity index (χ1) is 13.5. The summed E-state index contributed by atoms with van der Waals surface area (Å²) in [4.78, 5) is 30.3. The van der Waals surface area contributed by atoms with Crippen molar-refractivity contribution in [2.24, 2.45) is 5.92 Å². The van der Waals surface area contributed by atoms with Gasteiger partial charge in [-0.25, -0.2) is 0 Å². The Labute approximate surface area is 171 Å². The molecule has 1 saturated heterocycles. The van der Waals surface area contributed by atoms with Gasteiger partial charge in [0.05, 0.1) is 37.5 Å². The molecule has 1 fully saturated rings. The third-order valence-corrected chi connectivity index (χ3v) is 6.12.